The standard InChI is InChI=1S/C30H29FN2O4/c1-2-3-17-32(30(36)23-9-5-4-6-10-23)20-28(34)33(18-22-13-15-25(31)16-14-22)19-24-21-37-27-12-8-7-11-26(27)29(24)35/h4-16,21H,2-3,17-20H2,1H3. The molecule has 4 aromatic rings. The normalized spacial score (nSPS) is 10.9. The van der Waals surface area contributed by atoms with Gasteiger partial charge in [-0.2, -0.15) is 0 Å². The smallest absolute Gasteiger partial charge is 0.254 e. The third-order valence-corrected chi connectivity index (χ3v) is 6.17. The highest BCUT2D eigenvalue weighted by atomic mass is 19.1. The third-order valence-electron chi connectivity index (χ3n) is 6.17. The van der Waals surface area contributed by atoms with E-state index >= 15 is 0 Å². The van der Waals surface area contributed by atoms with Crippen molar-refractivity contribution in [1.29, 1.82) is 0 Å². The van der Waals surface area contributed by atoms with Gasteiger partial charge in [0.15, 0.2) is 5.43 Å². The number of hydrogen-bond acceptors (Lipinski definition) is 4. The van der Waals surface area contributed by atoms with Crippen LogP contribution in [0.2, 0.25) is 0 Å². The predicted octanol–water partition coefficient (Wildman–Crippen LogP) is 5.40. The summed E-state index contributed by atoms with van der Waals surface area (Å²) >= 11 is 0. The second-order valence-corrected chi connectivity index (χ2v) is 8.91. The van der Waals surface area contributed by atoms with Crippen molar-refractivity contribution >= 4 is 22.8 Å². The zero-order chi connectivity index (χ0) is 26.2. The van der Waals surface area contributed by atoms with Crippen molar-refractivity contribution in [3.8, 4) is 0 Å². The van der Waals surface area contributed by atoms with Crippen LogP contribution in [-0.2, 0) is 17.9 Å². The highest BCUT2D eigenvalue weighted by Crippen LogP contribution is 2.15. The molecule has 0 N–H and O–H groups in total. The predicted molar refractivity (Wildman–Crippen MR) is 140 cm³/mol. The first-order valence-electron chi connectivity index (χ1n) is 12.3. The molecular formula is C30H29FN2O4. The Morgan fingerprint density at radius 1 is 0.865 bits per heavy atom. The zero-order valence-electron chi connectivity index (χ0n) is 20.7. The lowest BCUT2D eigenvalue weighted by Crippen LogP contribution is -2.43. The van der Waals surface area contributed by atoms with E-state index in [1.54, 1.807) is 65.6 Å². The van der Waals surface area contributed by atoms with Crippen LogP contribution in [0.3, 0.4) is 0 Å². The maximum Gasteiger partial charge on any atom is 0.254 e. The number of benzene rings is 3. The van der Waals surface area contributed by atoms with Gasteiger partial charge in [0.25, 0.3) is 5.91 Å². The van der Waals surface area contributed by atoms with E-state index in [2.05, 4.69) is 0 Å². The van der Waals surface area contributed by atoms with Crippen LogP contribution in [0.15, 0.2) is 94.3 Å². The fourth-order valence-electron chi connectivity index (χ4n) is 4.10. The molecule has 0 aliphatic heterocycles. The quantitative estimate of drug-likeness (QED) is 0.292. The Balaban J connectivity index is 1.62. The lowest BCUT2D eigenvalue weighted by molar-refractivity contribution is -0.133. The van der Waals surface area contributed by atoms with Crippen molar-refractivity contribution in [2.24, 2.45) is 0 Å². The molecule has 6 nitrogen and oxygen atoms in total. The van der Waals surface area contributed by atoms with Crippen molar-refractivity contribution in [1.82, 2.24) is 9.80 Å². The molecule has 37 heavy (non-hydrogen) atoms. The molecule has 7 heteroatoms. The van der Waals surface area contributed by atoms with Crippen LogP contribution in [-0.4, -0.2) is 34.7 Å². The van der Waals surface area contributed by atoms with E-state index in [0.717, 1.165) is 12.8 Å². The first-order valence-corrected chi connectivity index (χ1v) is 12.3. The van der Waals surface area contributed by atoms with Gasteiger partial charge in [0, 0.05) is 18.7 Å². The number of rotatable bonds is 10. The van der Waals surface area contributed by atoms with Crippen molar-refractivity contribution in [3.05, 3.63) is 118 Å². The summed E-state index contributed by atoms with van der Waals surface area (Å²) in [6, 6.07) is 21.6. The van der Waals surface area contributed by atoms with Gasteiger partial charge in [0.1, 0.15) is 17.9 Å². The summed E-state index contributed by atoms with van der Waals surface area (Å²) in [4.78, 5) is 43.0. The minimum atomic E-state index is -0.379. The minimum absolute atomic E-state index is 0.00940. The van der Waals surface area contributed by atoms with Gasteiger partial charge in [-0.05, 0) is 48.4 Å². The summed E-state index contributed by atoms with van der Waals surface area (Å²) in [6.45, 7) is 2.44. The van der Waals surface area contributed by atoms with Crippen LogP contribution in [0.1, 0.15) is 41.3 Å². The van der Waals surface area contributed by atoms with Gasteiger partial charge < -0.3 is 14.2 Å². The second kappa shape index (κ2) is 12.1. The minimum Gasteiger partial charge on any atom is -0.464 e. The molecule has 0 aliphatic rings. The van der Waals surface area contributed by atoms with Gasteiger partial charge >= 0.3 is 0 Å². The van der Waals surface area contributed by atoms with Crippen molar-refractivity contribution in [2.45, 2.75) is 32.9 Å². The number of amides is 2. The summed E-state index contributed by atoms with van der Waals surface area (Å²) in [5.74, 6) is -0.928. The fourth-order valence-corrected chi connectivity index (χ4v) is 4.10. The van der Waals surface area contributed by atoms with E-state index in [0.29, 0.717) is 34.2 Å². The van der Waals surface area contributed by atoms with Crippen LogP contribution >= 0.6 is 0 Å². The summed E-state index contributed by atoms with van der Waals surface area (Å²) in [5, 5.41) is 0.429. The van der Waals surface area contributed by atoms with Crippen LogP contribution in [0, 0.1) is 5.82 Å². The van der Waals surface area contributed by atoms with E-state index in [9.17, 15) is 18.8 Å². The Labute approximate surface area is 214 Å². The molecule has 0 spiro atoms. The van der Waals surface area contributed by atoms with Gasteiger partial charge in [-0.15, -0.1) is 0 Å². The lowest BCUT2D eigenvalue weighted by atomic mass is 10.1. The highest BCUT2D eigenvalue weighted by molar-refractivity contribution is 5.96. The first kappa shape index (κ1) is 25.8. The average Bonchev–Trinajstić information content (AvgIpc) is 2.93. The van der Waals surface area contributed by atoms with Crippen LogP contribution in [0.25, 0.3) is 11.0 Å². The van der Waals surface area contributed by atoms with E-state index in [-0.39, 0.29) is 42.7 Å². The van der Waals surface area contributed by atoms with Crippen LogP contribution < -0.4 is 5.43 Å². The molecule has 1 aromatic heterocycles. The molecule has 0 radical (unpaired) electrons. The molecule has 3 aromatic carbocycles. The summed E-state index contributed by atoms with van der Waals surface area (Å²) in [6.07, 6.45) is 2.99. The number of carbonyl (C=O) groups excluding carboxylic acids is 2. The molecule has 1 heterocycles. The molecule has 0 saturated heterocycles. The molecule has 190 valence electrons. The molecule has 2 amide bonds. The first-order chi connectivity index (χ1) is 18.0. The Hall–Kier alpha value is -4.26. The molecule has 0 aliphatic carbocycles. The number of fused-ring (bicyclic) bond motifs is 1. The SMILES string of the molecule is CCCCN(CC(=O)N(Cc1ccc(F)cc1)Cc1coc2ccccc2c1=O)C(=O)c1ccccc1. The fraction of sp³-hybridized carbons (Fsp3) is 0.233. The van der Waals surface area contributed by atoms with Crippen molar-refractivity contribution < 1.29 is 18.4 Å². The number of para-hydroxylation sites is 1. The summed E-state index contributed by atoms with van der Waals surface area (Å²) < 4.78 is 19.1. The van der Waals surface area contributed by atoms with Crippen molar-refractivity contribution in [2.75, 3.05) is 13.1 Å². The molecule has 4 rings (SSSR count). The zero-order valence-corrected chi connectivity index (χ0v) is 20.7. The number of hydrogen-bond donors (Lipinski definition) is 0. The largest absolute Gasteiger partial charge is 0.464 e. The molecule has 0 unspecified atom stereocenters. The average molecular weight is 501 g/mol. The Kier molecular flexibility index (Phi) is 8.46. The molecule has 0 fully saturated rings. The van der Waals surface area contributed by atoms with Gasteiger partial charge in [-0.25, -0.2) is 4.39 Å². The number of halogens is 1. The number of nitrogens with zero attached hydrogens (tertiary/aromatic N) is 2. The van der Waals surface area contributed by atoms with E-state index < -0.39 is 0 Å². The summed E-state index contributed by atoms with van der Waals surface area (Å²) in [5.41, 5.74) is 1.78. The highest BCUT2D eigenvalue weighted by Gasteiger charge is 2.23. The van der Waals surface area contributed by atoms with Crippen LogP contribution in [0.5, 0.6) is 0 Å². The van der Waals surface area contributed by atoms with Crippen molar-refractivity contribution in [3.63, 3.8) is 0 Å². The third kappa shape index (κ3) is 6.50. The Bertz CT molecular complexity index is 1420. The van der Waals surface area contributed by atoms with Crippen LogP contribution in [0.4, 0.5) is 4.39 Å². The Morgan fingerprint density at radius 3 is 2.30 bits per heavy atom. The van der Waals surface area contributed by atoms with Gasteiger partial charge in [0.05, 0.1) is 23.8 Å². The maximum absolute atomic E-state index is 13.6. The van der Waals surface area contributed by atoms with Gasteiger partial charge in [-0.1, -0.05) is 55.8 Å². The van der Waals surface area contributed by atoms with E-state index in [1.807, 2.05) is 13.0 Å². The maximum atomic E-state index is 13.6. The molecule has 0 saturated carbocycles. The molecule has 0 atom stereocenters. The topological polar surface area (TPSA) is 70.8 Å². The monoisotopic (exact) mass is 500 g/mol. The Morgan fingerprint density at radius 2 is 1.57 bits per heavy atom. The van der Waals surface area contributed by atoms with Gasteiger partial charge in [0.2, 0.25) is 5.91 Å². The second-order valence-electron chi connectivity index (χ2n) is 8.91. The number of unbranched alkanes of at least 4 members (excludes halogenated alkanes) is 1. The summed E-state index contributed by atoms with van der Waals surface area (Å²) in [7, 11) is 0. The number of carbonyl (C=O) groups is 2. The molecule has 0 bridgehead atoms. The van der Waals surface area contributed by atoms with Gasteiger partial charge in [-0.3, -0.25) is 14.4 Å². The lowest BCUT2D eigenvalue weighted by Gasteiger charge is -2.28. The van der Waals surface area contributed by atoms with E-state index in [4.69, 9.17) is 4.42 Å². The molecular weight excluding hydrogens is 471 g/mol. The van der Waals surface area contributed by atoms with E-state index in [1.165, 1.54) is 23.3 Å².